The SMILES string of the molecule is CNC(=S)NN=Cc1cc(Cl)cc(Cl)c1. The molecule has 2 N–H and O–H groups in total. The molecule has 0 bridgehead atoms. The third kappa shape index (κ3) is 4.46. The predicted molar refractivity (Wildman–Crippen MR) is 68.8 cm³/mol. The number of rotatable bonds is 2. The molecule has 0 fully saturated rings. The van der Waals surface area contributed by atoms with Gasteiger partial charge in [-0.1, -0.05) is 23.2 Å². The summed E-state index contributed by atoms with van der Waals surface area (Å²) in [4.78, 5) is 0. The van der Waals surface area contributed by atoms with E-state index >= 15 is 0 Å². The Labute approximate surface area is 103 Å². The number of benzene rings is 1. The van der Waals surface area contributed by atoms with Gasteiger partial charge in [-0.15, -0.1) is 0 Å². The van der Waals surface area contributed by atoms with Gasteiger partial charge < -0.3 is 5.32 Å². The molecule has 6 heteroatoms. The summed E-state index contributed by atoms with van der Waals surface area (Å²) in [7, 11) is 1.71. The molecule has 0 saturated heterocycles. The summed E-state index contributed by atoms with van der Waals surface area (Å²) in [6.45, 7) is 0. The van der Waals surface area contributed by atoms with Crippen LogP contribution in [-0.2, 0) is 0 Å². The second-order valence-corrected chi connectivity index (χ2v) is 3.93. The van der Waals surface area contributed by atoms with E-state index in [0.717, 1.165) is 5.56 Å². The number of halogens is 2. The zero-order valence-electron chi connectivity index (χ0n) is 7.92. The number of hydrazone groups is 1. The molecule has 0 aliphatic rings. The molecule has 0 unspecified atom stereocenters. The lowest BCUT2D eigenvalue weighted by atomic mass is 10.2. The molecule has 15 heavy (non-hydrogen) atoms. The highest BCUT2D eigenvalue weighted by molar-refractivity contribution is 7.80. The van der Waals surface area contributed by atoms with Gasteiger partial charge in [0.15, 0.2) is 5.11 Å². The van der Waals surface area contributed by atoms with Crippen LogP contribution in [0.3, 0.4) is 0 Å². The lowest BCUT2D eigenvalue weighted by Gasteiger charge is -2.00. The van der Waals surface area contributed by atoms with Crippen LogP contribution in [0.15, 0.2) is 23.3 Å². The maximum Gasteiger partial charge on any atom is 0.186 e. The van der Waals surface area contributed by atoms with Crippen molar-refractivity contribution < 1.29 is 0 Å². The summed E-state index contributed by atoms with van der Waals surface area (Å²) in [5.41, 5.74) is 3.43. The second kappa shape index (κ2) is 5.90. The number of hydrogen-bond donors (Lipinski definition) is 2. The quantitative estimate of drug-likeness (QED) is 0.488. The first-order valence-corrected chi connectivity index (χ1v) is 5.25. The van der Waals surface area contributed by atoms with Gasteiger partial charge in [0.2, 0.25) is 0 Å². The smallest absolute Gasteiger partial charge is 0.186 e. The second-order valence-electron chi connectivity index (χ2n) is 2.65. The molecular formula is C9H9Cl2N3S. The molecule has 0 aromatic heterocycles. The fourth-order valence-corrected chi connectivity index (χ4v) is 1.47. The summed E-state index contributed by atoms with van der Waals surface area (Å²) >= 11 is 16.5. The fraction of sp³-hybridized carbons (Fsp3) is 0.111. The molecule has 0 heterocycles. The summed E-state index contributed by atoms with van der Waals surface area (Å²) in [6.07, 6.45) is 1.58. The summed E-state index contributed by atoms with van der Waals surface area (Å²) in [5.74, 6) is 0. The minimum absolute atomic E-state index is 0.444. The largest absolute Gasteiger partial charge is 0.364 e. The van der Waals surface area contributed by atoms with Crippen molar-refractivity contribution in [1.82, 2.24) is 10.7 Å². The minimum atomic E-state index is 0.444. The fourth-order valence-electron chi connectivity index (χ4n) is 0.871. The number of nitrogens with one attached hydrogen (secondary N) is 2. The van der Waals surface area contributed by atoms with Crippen molar-refractivity contribution in [2.75, 3.05) is 7.05 Å². The van der Waals surface area contributed by atoms with Gasteiger partial charge in [0, 0.05) is 17.1 Å². The van der Waals surface area contributed by atoms with Crippen molar-refractivity contribution in [3.05, 3.63) is 33.8 Å². The molecule has 0 spiro atoms. The highest BCUT2D eigenvalue weighted by atomic mass is 35.5. The Morgan fingerprint density at radius 3 is 2.47 bits per heavy atom. The minimum Gasteiger partial charge on any atom is -0.364 e. The molecular weight excluding hydrogens is 253 g/mol. The zero-order chi connectivity index (χ0) is 11.3. The normalized spacial score (nSPS) is 10.3. The van der Waals surface area contributed by atoms with Gasteiger partial charge in [-0.25, -0.2) is 0 Å². The third-order valence-electron chi connectivity index (χ3n) is 1.49. The van der Waals surface area contributed by atoms with Crippen molar-refractivity contribution in [1.29, 1.82) is 0 Å². The van der Waals surface area contributed by atoms with Gasteiger partial charge in [0.05, 0.1) is 6.21 Å². The molecule has 1 aromatic rings. The Morgan fingerprint density at radius 2 is 1.93 bits per heavy atom. The molecule has 0 saturated carbocycles. The Bertz CT molecular complexity index is 373. The third-order valence-corrected chi connectivity index (χ3v) is 2.22. The van der Waals surface area contributed by atoms with Crippen LogP contribution >= 0.6 is 35.4 Å². The van der Waals surface area contributed by atoms with Crippen molar-refractivity contribution in [3.63, 3.8) is 0 Å². The molecule has 80 valence electrons. The Kier molecular flexibility index (Phi) is 4.81. The average Bonchev–Trinajstić information content (AvgIpc) is 2.16. The van der Waals surface area contributed by atoms with Gasteiger partial charge in [-0.2, -0.15) is 5.10 Å². The van der Waals surface area contributed by atoms with Crippen LogP contribution in [-0.4, -0.2) is 18.4 Å². The van der Waals surface area contributed by atoms with Crippen LogP contribution in [0.2, 0.25) is 10.0 Å². The van der Waals surface area contributed by atoms with E-state index < -0.39 is 0 Å². The highest BCUT2D eigenvalue weighted by Gasteiger charge is 1.95. The van der Waals surface area contributed by atoms with E-state index in [-0.39, 0.29) is 0 Å². The van der Waals surface area contributed by atoms with Crippen LogP contribution in [0.5, 0.6) is 0 Å². The summed E-state index contributed by atoms with van der Waals surface area (Å²) in [5, 5.41) is 8.21. The van der Waals surface area contributed by atoms with Gasteiger partial charge >= 0.3 is 0 Å². The van der Waals surface area contributed by atoms with Gasteiger partial charge in [-0.05, 0) is 36.0 Å². The summed E-state index contributed by atoms with van der Waals surface area (Å²) < 4.78 is 0. The van der Waals surface area contributed by atoms with E-state index in [1.807, 2.05) is 0 Å². The monoisotopic (exact) mass is 261 g/mol. The van der Waals surface area contributed by atoms with E-state index in [4.69, 9.17) is 35.4 Å². The molecule has 0 amide bonds. The lowest BCUT2D eigenvalue weighted by molar-refractivity contribution is 0.982. The number of nitrogens with zero attached hydrogens (tertiary/aromatic N) is 1. The van der Waals surface area contributed by atoms with Crippen LogP contribution in [0.25, 0.3) is 0 Å². The van der Waals surface area contributed by atoms with Crippen molar-refractivity contribution in [2.45, 2.75) is 0 Å². The van der Waals surface area contributed by atoms with Crippen molar-refractivity contribution in [3.8, 4) is 0 Å². The molecule has 0 atom stereocenters. The maximum atomic E-state index is 5.81. The number of hydrogen-bond acceptors (Lipinski definition) is 2. The topological polar surface area (TPSA) is 36.4 Å². The Hall–Kier alpha value is -0.840. The van der Waals surface area contributed by atoms with Crippen LogP contribution in [0.1, 0.15) is 5.56 Å². The molecule has 0 aliphatic heterocycles. The van der Waals surface area contributed by atoms with Gasteiger partial charge in [-0.3, -0.25) is 5.43 Å². The Morgan fingerprint density at radius 1 is 1.33 bits per heavy atom. The Balaban J connectivity index is 2.68. The zero-order valence-corrected chi connectivity index (χ0v) is 10.2. The van der Waals surface area contributed by atoms with Gasteiger partial charge in [0.25, 0.3) is 0 Å². The summed E-state index contributed by atoms with van der Waals surface area (Å²) in [6, 6.07) is 5.16. The molecule has 3 nitrogen and oxygen atoms in total. The lowest BCUT2D eigenvalue weighted by Crippen LogP contribution is -2.28. The van der Waals surface area contributed by atoms with Crippen molar-refractivity contribution >= 4 is 46.7 Å². The standard InChI is InChI=1S/C9H9Cl2N3S/c1-12-9(15)14-13-5-6-2-7(10)4-8(11)3-6/h2-5H,1H3,(H2,12,14,15). The first-order chi connectivity index (χ1) is 7.11. The van der Waals surface area contributed by atoms with E-state index in [0.29, 0.717) is 15.2 Å². The van der Waals surface area contributed by atoms with E-state index in [2.05, 4.69) is 15.8 Å². The first kappa shape index (κ1) is 12.2. The van der Waals surface area contributed by atoms with Gasteiger partial charge in [0.1, 0.15) is 0 Å². The maximum absolute atomic E-state index is 5.81. The van der Waals surface area contributed by atoms with Crippen LogP contribution in [0.4, 0.5) is 0 Å². The molecule has 1 rings (SSSR count). The molecule has 0 radical (unpaired) electrons. The first-order valence-electron chi connectivity index (χ1n) is 4.08. The van der Waals surface area contributed by atoms with Crippen LogP contribution in [0, 0.1) is 0 Å². The van der Waals surface area contributed by atoms with Crippen molar-refractivity contribution in [2.24, 2.45) is 5.10 Å². The average molecular weight is 262 g/mol. The van der Waals surface area contributed by atoms with E-state index in [1.54, 1.807) is 31.5 Å². The van der Waals surface area contributed by atoms with Crippen LogP contribution < -0.4 is 10.7 Å². The molecule has 1 aromatic carbocycles. The predicted octanol–water partition coefficient (Wildman–Crippen LogP) is 2.42. The number of thiocarbonyl (C=S) groups is 1. The van der Waals surface area contributed by atoms with E-state index in [1.165, 1.54) is 0 Å². The molecule has 0 aliphatic carbocycles. The highest BCUT2D eigenvalue weighted by Crippen LogP contribution is 2.17. The van der Waals surface area contributed by atoms with E-state index in [9.17, 15) is 0 Å².